The van der Waals surface area contributed by atoms with Gasteiger partial charge in [0.05, 0.1) is 18.0 Å². The van der Waals surface area contributed by atoms with Crippen molar-refractivity contribution in [2.75, 3.05) is 13.2 Å². The van der Waals surface area contributed by atoms with Gasteiger partial charge in [0.2, 0.25) is 5.88 Å². The van der Waals surface area contributed by atoms with Crippen molar-refractivity contribution in [2.24, 2.45) is 0 Å². The molecule has 2 heterocycles. The van der Waals surface area contributed by atoms with Crippen LogP contribution in [0, 0.1) is 0 Å². The Kier molecular flexibility index (Phi) is 4.25. The van der Waals surface area contributed by atoms with Gasteiger partial charge >= 0.3 is 0 Å². The normalized spacial score (nSPS) is 23.3. The van der Waals surface area contributed by atoms with Crippen molar-refractivity contribution in [3.05, 3.63) is 18.1 Å². The van der Waals surface area contributed by atoms with Crippen LogP contribution in [-0.2, 0) is 11.3 Å². The van der Waals surface area contributed by atoms with Crippen LogP contribution in [0.5, 0.6) is 5.88 Å². The van der Waals surface area contributed by atoms with Gasteiger partial charge in [-0.15, -0.1) is 0 Å². The summed E-state index contributed by atoms with van der Waals surface area (Å²) in [4.78, 5) is 8.63. The van der Waals surface area contributed by atoms with Crippen molar-refractivity contribution in [1.82, 2.24) is 15.3 Å². The minimum atomic E-state index is 0.212. The van der Waals surface area contributed by atoms with Gasteiger partial charge in [-0.1, -0.05) is 0 Å². The predicted molar refractivity (Wildman–Crippen MR) is 71.0 cm³/mol. The molecular weight excluding hydrogens is 242 g/mol. The maximum atomic E-state index is 5.68. The van der Waals surface area contributed by atoms with Crippen LogP contribution in [0.15, 0.2) is 12.4 Å². The average molecular weight is 263 g/mol. The van der Waals surface area contributed by atoms with Gasteiger partial charge in [0, 0.05) is 25.4 Å². The van der Waals surface area contributed by atoms with E-state index >= 15 is 0 Å². The number of hydrogen-bond acceptors (Lipinski definition) is 5. The Labute approximate surface area is 113 Å². The van der Waals surface area contributed by atoms with Crippen molar-refractivity contribution in [2.45, 2.75) is 50.8 Å². The van der Waals surface area contributed by atoms with Gasteiger partial charge in [0.25, 0.3) is 0 Å². The Bertz CT molecular complexity index is 403. The summed E-state index contributed by atoms with van der Waals surface area (Å²) in [5.41, 5.74) is 0.939. The van der Waals surface area contributed by atoms with E-state index in [9.17, 15) is 0 Å². The van der Waals surface area contributed by atoms with Crippen LogP contribution < -0.4 is 10.1 Å². The number of ether oxygens (including phenoxy) is 2. The molecule has 1 aromatic rings. The van der Waals surface area contributed by atoms with Crippen molar-refractivity contribution in [3.63, 3.8) is 0 Å². The van der Waals surface area contributed by atoms with E-state index in [1.165, 1.54) is 25.7 Å². The molecular formula is C14H21N3O2. The second kappa shape index (κ2) is 6.30. The van der Waals surface area contributed by atoms with Crippen LogP contribution >= 0.6 is 0 Å². The highest BCUT2D eigenvalue weighted by Crippen LogP contribution is 2.19. The number of nitrogens with zero attached hydrogens (tertiary/aromatic N) is 2. The average Bonchev–Trinajstić information content (AvgIpc) is 3.29. The molecule has 0 aromatic carbocycles. The minimum Gasteiger partial charge on any atom is -0.474 e. The Morgan fingerprint density at radius 3 is 3.00 bits per heavy atom. The smallest absolute Gasteiger partial charge is 0.232 e. The highest BCUT2D eigenvalue weighted by atomic mass is 16.5. The lowest BCUT2D eigenvalue weighted by Gasteiger charge is -2.22. The first-order valence-electron chi connectivity index (χ1n) is 7.19. The van der Waals surface area contributed by atoms with E-state index < -0.39 is 0 Å². The molecule has 1 atom stereocenters. The Balaban J connectivity index is 1.47. The Hall–Kier alpha value is -1.20. The summed E-state index contributed by atoms with van der Waals surface area (Å²) in [7, 11) is 0. The third kappa shape index (κ3) is 4.14. The largest absolute Gasteiger partial charge is 0.474 e. The second-order valence-corrected chi connectivity index (χ2v) is 5.30. The first kappa shape index (κ1) is 12.8. The quantitative estimate of drug-likeness (QED) is 0.846. The molecule has 2 fully saturated rings. The Morgan fingerprint density at radius 2 is 2.21 bits per heavy atom. The summed E-state index contributed by atoms with van der Waals surface area (Å²) >= 11 is 0. The molecule has 1 N–H and O–H groups in total. The van der Waals surface area contributed by atoms with Gasteiger partial charge in [-0.05, 0) is 32.1 Å². The zero-order valence-corrected chi connectivity index (χ0v) is 11.2. The van der Waals surface area contributed by atoms with E-state index in [1.54, 1.807) is 12.4 Å². The summed E-state index contributed by atoms with van der Waals surface area (Å²) in [6, 6.07) is 0.682. The fourth-order valence-electron chi connectivity index (χ4n) is 2.19. The van der Waals surface area contributed by atoms with Crippen LogP contribution in [0.1, 0.15) is 37.8 Å². The molecule has 19 heavy (non-hydrogen) atoms. The minimum absolute atomic E-state index is 0.212. The summed E-state index contributed by atoms with van der Waals surface area (Å²) in [6.07, 6.45) is 9.71. The van der Waals surface area contributed by atoms with Crippen molar-refractivity contribution in [3.8, 4) is 5.88 Å². The lowest BCUT2D eigenvalue weighted by atomic mass is 10.1. The van der Waals surface area contributed by atoms with Gasteiger partial charge in [-0.2, -0.15) is 0 Å². The highest BCUT2D eigenvalue weighted by Gasteiger charge is 2.20. The number of rotatable bonds is 6. The zero-order valence-electron chi connectivity index (χ0n) is 11.2. The van der Waals surface area contributed by atoms with Gasteiger partial charge in [-0.3, -0.25) is 4.98 Å². The predicted octanol–water partition coefficient (Wildman–Crippen LogP) is 1.68. The Morgan fingerprint density at radius 1 is 1.26 bits per heavy atom. The summed E-state index contributed by atoms with van der Waals surface area (Å²) in [6.45, 7) is 2.20. The van der Waals surface area contributed by atoms with E-state index in [0.717, 1.165) is 25.3 Å². The van der Waals surface area contributed by atoms with Gasteiger partial charge < -0.3 is 14.8 Å². The molecule has 0 amide bonds. The molecule has 2 aliphatic rings. The zero-order chi connectivity index (χ0) is 12.9. The maximum absolute atomic E-state index is 5.68. The maximum Gasteiger partial charge on any atom is 0.232 e. The number of aromatic nitrogens is 2. The summed E-state index contributed by atoms with van der Waals surface area (Å²) in [5, 5.41) is 3.42. The molecule has 1 aliphatic carbocycles. The first-order valence-corrected chi connectivity index (χ1v) is 7.19. The molecule has 1 saturated heterocycles. The van der Waals surface area contributed by atoms with Crippen LogP contribution in [0.4, 0.5) is 0 Å². The number of hydrogen-bond donors (Lipinski definition) is 1. The van der Waals surface area contributed by atoms with E-state index in [4.69, 9.17) is 9.47 Å². The third-order valence-electron chi connectivity index (χ3n) is 3.50. The molecule has 5 heteroatoms. The van der Waals surface area contributed by atoms with Gasteiger partial charge in [-0.25, -0.2) is 4.98 Å². The van der Waals surface area contributed by atoms with E-state index in [2.05, 4.69) is 15.3 Å². The molecule has 5 nitrogen and oxygen atoms in total. The standard InChI is InChI=1S/C14H21N3O2/c1-2-6-18-13(3-1)10-19-14-9-15-7-12(17-14)8-16-11-4-5-11/h7,9,11,13,16H,1-6,8,10H2. The second-order valence-electron chi connectivity index (χ2n) is 5.30. The third-order valence-corrected chi connectivity index (χ3v) is 3.50. The number of nitrogens with one attached hydrogen (secondary N) is 1. The summed E-state index contributed by atoms with van der Waals surface area (Å²) < 4.78 is 11.3. The van der Waals surface area contributed by atoms with Crippen LogP contribution in [0.2, 0.25) is 0 Å². The lowest BCUT2D eigenvalue weighted by molar-refractivity contribution is -0.0120. The molecule has 104 valence electrons. The van der Waals surface area contributed by atoms with E-state index in [0.29, 0.717) is 18.5 Å². The van der Waals surface area contributed by atoms with Gasteiger partial charge in [0.15, 0.2) is 0 Å². The topological polar surface area (TPSA) is 56.3 Å². The molecule has 0 radical (unpaired) electrons. The molecule has 0 bridgehead atoms. The molecule has 3 rings (SSSR count). The lowest BCUT2D eigenvalue weighted by Crippen LogP contribution is -2.26. The van der Waals surface area contributed by atoms with Crippen molar-refractivity contribution < 1.29 is 9.47 Å². The highest BCUT2D eigenvalue weighted by molar-refractivity contribution is 5.08. The van der Waals surface area contributed by atoms with Gasteiger partial charge in [0.1, 0.15) is 6.61 Å². The van der Waals surface area contributed by atoms with E-state index in [-0.39, 0.29) is 6.10 Å². The fraction of sp³-hybridized carbons (Fsp3) is 0.714. The molecule has 1 saturated carbocycles. The molecule has 1 aromatic heterocycles. The van der Waals surface area contributed by atoms with Crippen LogP contribution in [0.3, 0.4) is 0 Å². The molecule has 1 aliphatic heterocycles. The van der Waals surface area contributed by atoms with Crippen molar-refractivity contribution in [1.29, 1.82) is 0 Å². The summed E-state index contributed by atoms with van der Waals surface area (Å²) in [5.74, 6) is 0.601. The van der Waals surface area contributed by atoms with Crippen LogP contribution in [0.25, 0.3) is 0 Å². The fourth-order valence-corrected chi connectivity index (χ4v) is 2.19. The molecule has 1 unspecified atom stereocenters. The monoisotopic (exact) mass is 263 g/mol. The SMILES string of the molecule is c1ncc(OCC2CCCCO2)nc1CNC1CC1. The first-order chi connectivity index (χ1) is 9.40. The van der Waals surface area contributed by atoms with Crippen LogP contribution in [-0.4, -0.2) is 35.3 Å². The van der Waals surface area contributed by atoms with Crippen molar-refractivity contribution >= 4 is 0 Å². The molecule has 0 spiro atoms. The van der Waals surface area contributed by atoms with E-state index in [1.807, 2.05) is 0 Å².